The van der Waals surface area contributed by atoms with Crippen LogP contribution >= 0.6 is 0 Å². The summed E-state index contributed by atoms with van der Waals surface area (Å²) in [5.74, 6) is -0.612. The lowest BCUT2D eigenvalue weighted by molar-refractivity contribution is 0.104. The van der Waals surface area contributed by atoms with Crippen molar-refractivity contribution in [1.29, 1.82) is 0 Å². The number of halogens is 1. The van der Waals surface area contributed by atoms with Crippen LogP contribution in [-0.2, 0) is 0 Å². The van der Waals surface area contributed by atoms with Crippen LogP contribution < -0.4 is 0 Å². The summed E-state index contributed by atoms with van der Waals surface area (Å²) in [5, 5.41) is 4.32. The lowest BCUT2D eigenvalue weighted by Crippen LogP contribution is -2.02. The van der Waals surface area contributed by atoms with Gasteiger partial charge in [-0.15, -0.1) is 0 Å². The lowest BCUT2D eigenvalue weighted by atomic mass is 10.1. The molecule has 116 valence electrons. The van der Waals surface area contributed by atoms with Crippen LogP contribution in [0.2, 0.25) is 0 Å². The van der Waals surface area contributed by atoms with Crippen molar-refractivity contribution in [1.82, 2.24) is 14.6 Å². The van der Waals surface area contributed by atoms with Crippen LogP contribution in [0.15, 0.2) is 73.1 Å². The molecule has 2 aromatic heterocycles. The van der Waals surface area contributed by atoms with Crippen LogP contribution in [0.3, 0.4) is 0 Å². The third-order valence-electron chi connectivity index (χ3n) is 3.82. The quantitative estimate of drug-likeness (QED) is 0.540. The summed E-state index contributed by atoms with van der Waals surface area (Å²) in [5.41, 5.74) is 3.09. The maximum atomic E-state index is 13.0. The van der Waals surface area contributed by atoms with E-state index in [4.69, 9.17) is 0 Å². The number of aromatic nitrogens is 3. The molecular formula is C19H12FN3O. The van der Waals surface area contributed by atoms with E-state index in [1.807, 2.05) is 36.4 Å². The molecule has 2 heterocycles. The maximum absolute atomic E-state index is 13.0. The van der Waals surface area contributed by atoms with E-state index in [1.54, 1.807) is 10.7 Å². The number of rotatable bonds is 3. The van der Waals surface area contributed by atoms with Crippen molar-refractivity contribution in [3.8, 4) is 11.3 Å². The van der Waals surface area contributed by atoms with Crippen molar-refractivity contribution in [3.63, 3.8) is 0 Å². The van der Waals surface area contributed by atoms with Gasteiger partial charge in [-0.05, 0) is 30.3 Å². The summed E-state index contributed by atoms with van der Waals surface area (Å²) in [6, 6.07) is 17.1. The van der Waals surface area contributed by atoms with Gasteiger partial charge in [0, 0.05) is 17.3 Å². The second-order valence-corrected chi connectivity index (χ2v) is 5.33. The summed E-state index contributed by atoms with van der Waals surface area (Å²) in [6.45, 7) is 0. The normalized spacial score (nSPS) is 10.9. The first-order valence-electron chi connectivity index (χ1n) is 7.42. The minimum absolute atomic E-state index is 0.234. The number of fused-ring (bicyclic) bond motifs is 1. The van der Waals surface area contributed by atoms with Gasteiger partial charge in [0.1, 0.15) is 5.82 Å². The van der Waals surface area contributed by atoms with Crippen LogP contribution in [0.4, 0.5) is 4.39 Å². The molecule has 0 unspecified atom stereocenters. The first-order chi connectivity index (χ1) is 11.7. The summed E-state index contributed by atoms with van der Waals surface area (Å²) in [4.78, 5) is 17.0. The third kappa shape index (κ3) is 2.36. The molecule has 0 saturated carbocycles. The van der Waals surface area contributed by atoms with Crippen molar-refractivity contribution < 1.29 is 9.18 Å². The van der Waals surface area contributed by atoms with Crippen molar-refractivity contribution in [2.75, 3.05) is 0 Å². The average Bonchev–Trinajstić information content (AvgIpc) is 3.06. The average molecular weight is 317 g/mol. The smallest absolute Gasteiger partial charge is 0.198 e. The number of hydrogen-bond donors (Lipinski definition) is 0. The van der Waals surface area contributed by atoms with E-state index in [0.29, 0.717) is 16.8 Å². The Balaban J connectivity index is 1.84. The fourth-order valence-corrected chi connectivity index (χ4v) is 2.64. The van der Waals surface area contributed by atoms with E-state index in [9.17, 15) is 9.18 Å². The van der Waals surface area contributed by atoms with Gasteiger partial charge in [0.05, 0.1) is 17.5 Å². The van der Waals surface area contributed by atoms with Gasteiger partial charge in [-0.3, -0.25) is 4.79 Å². The first kappa shape index (κ1) is 14.3. The third-order valence-corrected chi connectivity index (χ3v) is 3.82. The van der Waals surface area contributed by atoms with Gasteiger partial charge in [-0.25, -0.2) is 13.9 Å². The molecule has 0 amide bonds. The fourth-order valence-electron chi connectivity index (χ4n) is 2.64. The van der Waals surface area contributed by atoms with Crippen LogP contribution in [-0.4, -0.2) is 20.4 Å². The van der Waals surface area contributed by atoms with Gasteiger partial charge in [-0.1, -0.05) is 30.3 Å². The SMILES string of the molecule is O=C(c1ccc(F)cc1)c1cnn2c(-c3ccccc3)ccnc12. The number of benzene rings is 2. The molecule has 2 aromatic carbocycles. The van der Waals surface area contributed by atoms with Crippen molar-refractivity contribution in [2.24, 2.45) is 0 Å². The Labute approximate surface area is 137 Å². The molecule has 4 aromatic rings. The standard InChI is InChI=1S/C19H12FN3O/c20-15-8-6-14(7-9-15)18(24)16-12-22-23-17(10-11-21-19(16)23)13-4-2-1-3-5-13/h1-12H. The van der Waals surface area contributed by atoms with Crippen LogP contribution in [0, 0.1) is 5.82 Å². The monoisotopic (exact) mass is 317 g/mol. The minimum Gasteiger partial charge on any atom is -0.288 e. The van der Waals surface area contributed by atoms with Crippen LogP contribution in [0.25, 0.3) is 16.9 Å². The van der Waals surface area contributed by atoms with Gasteiger partial charge in [0.2, 0.25) is 0 Å². The number of ketones is 1. The lowest BCUT2D eigenvalue weighted by Gasteiger charge is -2.04. The topological polar surface area (TPSA) is 47.3 Å². The molecule has 0 radical (unpaired) electrons. The molecule has 24 heavy (non-hydrogen) atoms. The molecule has 0 aliphatic rings. The van der Waals surface area contributed by atoms with Crippen molar-refractivity contribution in [2.45, 2.75) is 0 Å². The second kappa shape index (κ2) is 5.70. The van der Waals surface area contributed by atoms with E-state index in [1.165, 1.54) is 30.5 Å². The van der Waals surface area contributed by atoms with E-state index in [0.717, 1.165) is 11.3 Å². The zero-order chi connectivity index (χ0) is 16.5. The van der Waals surface area contributed by atoms with E-state index in [2.05, 4.69) is 10.1 Å². The maximum Gasteiger partial charge on any atom is 0.198 e. The molecule has 0 saturated heterocycles. The van der Waals surface area contributed by atoms with Crippen molar-refractivity contribution in [3.05, 3.63) is 90.0 Å². The summed E-state index contributed by atoms with van der Waals surface area (Å²) >= 11 is 0. The Morgan fingerprint density at radius 3 is 2.46 bits per heavy atom. The Bertz CT molecular complexity index is 1020. The number of carbonyl (C=O) groups is 1. The largest absolute Gasteiger partial charge is 0.288 e. The molecule has 0 aliphatic heterocycles. The molecule has 0 bridgehead atoms. The molecule has 0 atom stereocenters. The number of carbonyl (C=O) groups excluding carboxylic acids is 1. The molecule has 4 rings (SSSR count). The minimum atomic E-state index is -0.379. The van der Waals surface area contributed by atoms with E-state index < -0.39 is 0 Å². The zero-order valence-corrected chi connectivity index (χ0v) is 12.6. The molecule has 5 heteroatoms. The zero-order valence-electron chi connectivity index (χ0n) is 12.6. The van der Waals surface area contributed by atoms with Gasteiger partial charge in [0.25, 0.3) is 0 Å². The fraction of sp³-hybridized carbons (Fsp3) is 0. The molecule has 0 spiro atoms. The predicted octanol–water partition coefficient (Wildman–Crippen LogP) is 3.77. The summed E-state index contributed by atoms with van der Waals surface area (Å²) in [6.07, 6.45) is 3.15. The highest BCUT2D eigenvalue weighted by atomic mass is 19.1. The van der Waals surface area contributed by atoms with Gasteiger partial charge < -0.3 is 0 Å². The van der Waals surface area contributed by atoms with E-state index in [-0.39, 0.29) is 11.6 Å². The van der Waals surface area contributed by atoms with Crippen LogP contribution in [0.5, 0.6) is 0 Å². The molecule has 0 N–H and O–H groups in total. The number of hydrogen-bond acceptors (Lipinski definition) is 3. The Morgan fingerprint density at radius 1 is 0.958 bits per heavy atom. The van der Waals surface area contributed by atoms with Crippen LogP contribution in [0.1, 0.15) is 15.9 Å². The Kier molecular flexibility index (Phi) is 3.39. The molecular weight excluding hydrogens is 305 g/mol. The summed E-state index contributed by atoms with van der Waals surface area (Å²) in [7, 11) is 0. The predicted molar refractivity (Wildman–Crippen MR) is 88.3 cm³/mol. The van der Waals surface area contributed by atoms with Gasteiger partial charge in [0.15, 0.2) is 11.4 Å². The highest BCUT2D eigenvalue weighted by Gasteiger charge is 2.17. The summed E-state index contributed by atoms with van der Waals surface area (Å²) < 4.78 is 14.7. The van der Waals surface area contributed by atoms with Gasteiger partial charge >= 0.3 is 0 Å². The second-order valence-electron chi connectivity index (χ2n) is 5.33. The molecule has 4 nitrogen and oxygen atoms in total. The number of nitrogens with zero attached hydrogens (tertiary/aromatic N) is 3. The highest BCUT2D eigenvalue weighted by Crippen LogP contribution is 2.22. The Hall–Kier alpha value is -3.34. The van der Waals surface area contributed by atoms with E-state index >= 15 is 0 Å². The molecule has 0 aliphatic carbocycles. The Morgan fingerprint density at radius 2 is 1.71 bits per heavy atom. The highest BCUT2D eigenvalue weighted by molar-refractivity contribution is 6.12. The van der Waals surface area contributed by atoms with Crippen molar-refractivity contribution >= 4 is 11.4 Å². The molecule has 0 fully saturated rings. The van der Waals surface area contributed by atoms with Gasteiger partial charge in [-0.2, -0.15) is 5.10 Å². The first-order valence-corrected chi connectivity index (χ1v) is 7.42.